The first-order valence-electron chi connectivity index (χ1n) is 4.79. The maximum Gasteiger partial charge on any atom is 0.202 e. The van der Waals surface area contributed by atoms with Gasteiger partial charge in [-0.2, -0.15) is 0 Å². The number of carbonyl (C=O) groups is 1. The minimum Gasteiger partial charge on any atom is -0.446 e. The smallest absolute Gasteiger partial charge is 0.202 e. The number of furan rings is 1. The van der Waals surface area contributed by atoms with Crippen LogP contribution < -0.4 is 0 Å². The third kappa shape index (κ3) is 3.04. The fourth-order valence-electron chi connectivity index (χ4n) is 1.39. The summed E-state index contributed by atoms with van der Waals surface area (Å²) in [6, 6.07) is 7.75. The zero-order chi connectivity index (χ0) is 12.4. The Hall–Kier alpha value is -0.940. The Balaban J connectivity index is 2.15. The summed E-state index contributed by atoms with van der Waals surface area (Å²) in [4.78, 5) is 11.8. The first-order valence-corrected chi connectivity index (χ1v) is 6.37. The maximum atomic E-state index is 13.0. The highest BCUT2D eigenvalue weighted by atomic mass is 79.9. The zero-order valence-corrected chi connectivity index (χ0v) is 11.7. The average molecular weight is 362 g/mol. The Labute approximate surface area is 114 Å². The molecular weight excluding hydrogens is 355 g/mol. The second kappa shape index (κ2) is 5.14. The molecule has 0 radical (unpaired) electrons. The number of carbonyl (C=O) groups excluding carboxylic acids is 1. The van der Waals surface area contributed by atoms with Crippen LogP contribution in [0.1, 0.15) is 16.1 Å². The minimum absolute atomic E-state index is 0.144. The number of halogens is 3. The zero-order valence-electron chi connectivity index (χ0n) is 8.54. The average Bonchev–Trinajstić information content (AvgIpc) is 2.70. The van der Waals surface area contributed by atoms with Gasteiger partial charge in [0.25, 0.3) is 0 Å². The van der Waals surface area contributed by atoms with Gasteiger partial charge in [-0.15, -0.1) is 0 Å². The van der Waals surface area contributed by atoms with E-state index < -0.39 is 0 Å². The van der Waals surface area contributed by atoms with E-state index in [0.717, 1.165) is 5.56 Å². The van der Waals surface area contributed by atoms with Gasteiger partial charge in [-0.3, -0.25) is 4.79 Å². The fraction of sp³-hybridized carbons (Fsp3) is 0.0833. The molecule has 0 atom stereocenters. The van der Waals surface area contributed by atoms with E-state index in [1.807, 2.05) is 0 Å². The van der Waals surface area contributed by atoms with Crippen LogP contribution in [0.25, 0.3) is 0 Å². The first kappa shape index (κ1) is 12.5. The van der Waals surface area contributed by atoms with Gasteiger partial charge in [0, 0.05) is 6.42 Å². The molecule has 1 aromatic heterocycles. The molecule has 17 heavy (non-hydrogen) atoms. The third-order valence-corrected chi connectivity index (χ3v) is 3.23. The summed E-state index contributed by atoms with van der Waals surface area (Å²) in [5.74, 6) is -0.200. The molecule has 0 N–H and O–H groups in total. The quantitative estimate of drug-likeness (QED) is 0.760. The van der Waals surface area contributed by atoms with Crippen molar-refractivity contribution in [3.05, 3.63) is 56.6 Å². The molecule has 0 bridgehead atoms. The maximum absolute atomic E-state index is 13.0. The molecule has 0 aliphatic heterocycles. The molecular formula is C12H7Br2FO2. The molecule has 0 aliphatic rings. The van der Waals surface area contributed by atoms with Crippen molar-refractivity contribution in [3.63, 3.8) is 0 Å². The monoisotopic (exact) mass is 360 g/mol. The molecule has 2 rings (SSSR count). The predicted octanol–water partition coefficient (Wildman–Crippen LogP) is 4.37. The van der Waals surface area contributed by atoms with Crippen molar-refractivity contribution in [1.82, 2.24) is 0 Å². The lowest BCUT2D eigenvalue weighted by molar-refractivity contribution is 0.0965. The van der Waals surface area contributed by atoms with Gasteiger partial charge >= 0.3 is 0 Å². The summed E-state index contributed by atoms with van der Waals surface area (Å²) >= 11 is 6.21. The van der Waals surface area contributed by atoms with E-state index in [-0.39, 0.29) is 23.8 Å². The minimum atomic E-state index is -0.345. The largest absolute Gasteiger partial charge is 0.446 e. The first-order chi connectivity index (χ1) is 8.06. The van der Waals surface area contributed by atoms with Crippen molar-refractivity contribution < 1.29 is 13.6 Å². The molecule has 0 saturated carbocycles. The Kier molecular flexibility index (Phi) is 3.79. The highest BCUT2D eigenvalue weighted by Gasteiger charge is 2.12. The molecule has 88 valence electrons. The van der Waals surface area contributed by atoms with E-state index in [1.54, 1.807) is 24.3 Å². The number of hydrogen-bond donors (Lipinski definition) is 0. The van der Waals surface area contributed by atoms with Crippen molar-refractivity contribution in [1.29, 1.82) is 0 Å². The van der Waals surface area contributed by atoms with Gasteiger partial charge in [0.05, 0.1) is 4.47 Å². The molecule has 5 heteroatoms. The number of rotatable bonds is 3. The van der Waals surface area contributed by atoms with Crippen LogP contribution in [-0.4, -0.2) is 5.78 Å². The van der Waals surface area contributed by atoms with Crippen LogP contribution in [-0.2, 0) is 6.42 Å². The Morgan fingerprint density at radius 2 is 2.00 bits per heavy atom. The summed E-state index contributed by atoms with van der Waals surface area (Å²) < 4.78 is 19.0. The molecule has 0 aliphatic carbocycles. The van der Waals surface area contributed by atoms with E-state index in [4.69, 9.17) is 4.42 Å². The van der Waals surface area contributed by atoms with Crippen LogP contribution in [0.15, 0.2) is 43.9 Å². The Morgan fingerprint density at radius 3 is 2.59 bits per heavy atom. The van der Waals surface area contributed by atoms with Gasteiger partial charge in [-0.1, -0.05) is 6.07 Å². The van der Waals surface area contributed by atoms with E-state index >= 15 is 0 Å². The van der Waals surface area contributed by atoms with Crippen LogP contribution in [0.2, 0.25) is 0 Å². The molecule has 0 fully saturated rings. The van der Waals surface area contributed by atoms with Gasteiger partial charge in [-0.05, 0) is 61.7 Å². The van der Waals surface area contributed by atoms with Gasteiger partial charge in [0.1, 0.15) is 5.82 Å². The Bertz CT molecular complexity index is 563. The summed E-state index contributed by atoms with van der Waals surface area (Å²) in [6.45, 7) is 0. The lowest BCUT2D eigenvalue weighted by Gasteiger charge is -2.00. The highest BCUT2D eigenvalue weighted by Crippen LogP contribution is 2.19. The highest BCUT2D eigenvalue weighted by molar-refractivity contribution is 9.10. The van der Waals surface area contributed by atoms with Crippen molar-refractivity contribution in [2.45, 2.75) is 6.42 Å². The van der Waals surface area contributed by atoms with Crippen LogP contribution in [0, 0.1) is 5.82 Å². The van der Waals surface area contributed by atoms with Crippen molar-refractivity contribution >= 4 is 37.6 Å². The predicted molar refractivity (Wildman–Crippen MR) is 68.5 cm³/mol. The topological polar surface area (TPSA) is 30.2 Å². The summed E-state index contributed by atoms with van der Waals surface area (Å²) in [5, 5.41) is 0. The van der Waals surface area contributed by atoms with Crippen LogP contribution in [0.3, 0.4) is 0 Å². The van der Waals surface area contributed by atoms with Gasteiger partial charge < -0.3 is 4.42 Å². The van der Waals surface area contributed by atoms with Crippen LogP contribution in [0.4, 0.5) is 4.39 Å². The summed E-state index contributed by atoms with van der Waals surface area (Å²) in [6.07, 6.45) is 0.179. The normalized spacial score (nSPS) is 10.5. The molecule has 0 saturated heterocycles. The van der Waals surface area contributed by atoms with Crippen LogP contribution >= 0.6 is 31.9 Å². The Morgan fingerprint density at radius 1 is 1.24 bits per heavy atom. The van der Waals surface area contributed by atoms with E-state index in [0.29, 0.717) is 9.14 Å². The lowest BCUT2D eigenvalue weighted by Crippen LogP contribution is -2.02. The molecule has 1 heterocycles. The van der Waals surface area contributed by atoms with E-state index in [2.05, 4.69) is 31.9 Å². The number of ketones is 1. The van der Waals surface area contributed by atoms with Crippen LogP contribution in [0.5, 0.6) is 0 Å². The van der Waals surface area contributed by atoms with Gasteiger partial charge in [0.2, 0.25) is 5.78 Å². The number of Topliss-reactive ketones (excluding diaryl/α,β-unsaturated/α-hetero) is 1. The van der Waals surface area contributed by atoms with Crippen molar-refractivity contribution in [3.8, 4) is 0 Å². The van der Waals surface area contributed by atoms with Crippen molar-refractivity contribution in [2.75, 3.05) is 0 Å². The fourth-order valence-corrected chi connectivity index (χ4v) is 2.12. The van der Waals surface area contributed by atoms with E-state index in [1.165, 1.54) is 6.07 Å². The molecule has 2 nitrogen and oxygen atoms in total. The summed E-state index contributed by atoms with van der Waals surface area (Å²) in [7, 11) is 0. The molecule has 0 spiro atoms. The second-order valence-corrected chi connectivity index (χ2v) is 5.09. The molecule has 1 aromatic carbocycles. The SMILES string of the molecule is O=C(Cc1ccc(F)c(Br)c1)c1ccc(Br)o1. The molecule has 0 amide bonds. The lowest BCUT2D eigenvalue weighted by atomic mass is 10.1. The number of benzene rings is 1. The van der Waals surface area contributed by atoms with Gasteiger partial charge in [-0.25, -0.2) is 4.39 Å². The number of hydrogen-bond acceptors (Lipinski definition) is 2. The molecule has 2 aromatic rings. The van der Waals surface area contributed by atoms with E-state index in [9.17, 15) is 9.18 Å². The summed E-state index contributed by atoms with van der Waals surface area (Å²) in [5.41, 5.74) is 0.732. The van der Waals surface area contributed by atoms with Crippen molar-refractivity contribution in [2.24, 2.45) is 0 Å². The molecule has 0 unspecified atom stereocenters. The second-order valence-electron chi connectivity index (χ2n) is 3.45. The third-order valence-electron chi connectivity index (χ3n) is 2.20. The van der Waals surface area contributed by atoms with Gasteiger partial charge in [0.15, 0.2) is 10.4 Å². The standard InChI is InChI=1S/C12H7Br2FO2/c13-8-5-7(1-2-9(8)15)6-10(16)11-3-4-12(14)17-11/h1-5H,6H2.